The molecule has 87 valence electrons. The van der Waals surface area contributed by atoms with E-state index in [2.05, 4.69) is 39.9 Å². The lowest BCUT2D eigenvalue weighted by Gasteiger charge is -2.29. The summed E-state index contributed by atoms with van der Waals surface area (Å²) in [5, 5.41) is 0. The van der Waals surface area contributed by atoms with Crippen LogP contribution in [0.5, 0.6) is 0 Å². The van der Waals surface area contributed by atoms with Crippen molar-refractivity contribution in [3.05, 3.63) is 11.8 Å². The fourth-order valence-corrected chi connectivity index (χ4v) is 2.87. The van der Waals surface area contributed by atoms with Crippen molar-refractivity contribution in [2.75, 3.05) is 0 Å². The second kappa shape index (κ2) is 5.20. The Morgan fingerprint density at radius 1 is 1.33 bits per heavy atom. The molecule has 1 radical (unpaired) electrons. The van der Waals surface area contributed by atoms with E-state index in [0.29, 0.717) is 5.41 Å². The summed E-state index contributed by atoms with van der Waals surface area (Å²) in [4.78, 5) is 0. The second-order valence-corrected chi connectivity index (χ2v) is 7.89. The molecule has 0 saturated carbocycles. The van der Waals surface area contributed by atoms with E-state index in [1.807, 2.05) is 0 Å². The minimum Gasteiger partial charge on any atom is -0.546 e. The zero-order valence-electron chi connectivity index (χ0n) is 10.9. The summed E-state index contributed by atoms with van der Waals surface area (Å²) in [6, 6.07) is 0. The third kappa shape index (κ3) is 4.41. The smallest absolute Gasteiger partial charge is 0.273 e. The van der Waals surface area contributed by atoms with Gasteiger partial charge >= 0.3 is 0 Å². The van der Waals surface area contributed by atoms with E-state index >= 15 is 0 Å². The highest BCUT2D eigenvalue weighted by Crippen LogP contribution is 2.36. The maximum absolute atomic E-state index is 5.90. The maximum Gasteiger partial charge on any atom is 0.273 e. The quantitative estimate of drug-likeness (QED) is 0.634. The molecule has 0 aromatic rings. The summed E-state index contributed by atoms with van der Waals surface area (Å²) in [5.41, 5.74) is 0.443. The summed E-state index contributed by atoms with van der Waals surface area (Å²) < 4.78 is 5.90. The lowest BCUT2D eigenvalue weighted by atomic mass is 9.77. The molecule has 0 aromatic carbocycles. The van der Waals surface area contributed by atoms with Crippen LogP contribution in [0.15, 0.2) is 11.8 Å². The molecule has 2 heteroatoms. The average Bonchev–Trinajstić information content (AvgIpc) is 2.27. The molecule has 0 aliphatic heterocycles. The first-order valence-electron chi connectivity index (χ1n) is 6.06. The fraction of sp³-hybridized carbons (Fsp3) is 0.846. The van der Waals surface area contributed by atoms with Gasteiger partial charge in [0.15, 0.2) is 0 Å². The minimum absolute atomic E-state index is 0.443. The van der Waals surface area contributed by atoms with Crippen molar-refractivity contribution in [3.8, 4) is 0 Å². The normalized spacial score (nSPS) is 23.6. The number of allylic oxidation sites excluding steroid dienone is 2. The molecule has 1 aliphatic rings. The standard InChI is InChI=1S/C13H25OSi/c1-13(2,3)11-7-6-8-12(10-9-11)14-15(4)5/h10-11H,6-9H2,1-5H3. The Balaban J connectivity index is 2.56. The van der Waals surface area contributed by atoms with Gasteiger partial charge in [-0.25, -0.2) is 0 Å². The lowest BCUT2D eigenvalue weighted by molar-refractivity contribution is 0.227. The van der Waals surface area contributed by atoms with Gasteiger partial charge in [-0.2, -0.15) is 0 Å². The SMILES string of the molecule is C[Si](C)OC1=CCC(C(C)(C)C)CCC1. The van der Waals surface area contributed by atoms with Crippen molar-refractivity contribution in [2.24, 2.45) is 11.3 Å². The van der Waals surface area contributed by atoms with Crippen LogP contribution < -0.4 is 0 Å². The summed E-state index contributed by atoms with van der Waals surface area (Å²) in [6.07, 6.45) is 7.35. The van der Waals surface area contributed by atoms with E-state index in [0.717, 1.165) is 12.3 Å². The van der Waals surface area contributed by atoms with Gasteiger partial charge in [0.05, 0.1) is 5.76 Å². The van der Waals surface area contributed by atoms with Gasteiger partial charge < -0.3 is 4.43 Å². The van der Waals surface area contributed by atoms with Crippen molar-refractivity contribution in [1.29, 1.82) is 0 Å². The van der Waals surface area contributed by atoms with Crippen molar-refractivity contribution in [2.45, 2.75) is 59.5 Å². The summed E-state index contributed by atoms with van der Waals surface area (Å²) in [7, 11) is -0.570. The Kier molecular flexibility index (Phi) is 4.44. The molecule has 15 heavy (non-hydrogen) atoms. The molecule has 0 bridgehead atoms. The first-order chi connectivity index (χ1) is 6.89. The Hall–Kier alpha value is -0.243. The van der Waals surface area contributed by atoms with Crippen LogP contribution in [0, 0.1) is 11.3 Å². The molecule has 0 heterocycles. The summed E-state index contributed by atoms with van der Waals surface area (Å²) >= 11 is 0. The molecule has 0 amide bonds. The Labute approximate surface area is 96.6 Å². The monoisotopic (exact) mass is 225 g/mol. The van der Waals surface area contributed by atoms with E-state index in [-0.39, 0.29) is 0 Å². The molecule has 0 saturated heterocycles. The van der Waals surface area contributed by atoms with E-state index in [9.17, 15) is 0 Å². The predicted molar refractivity (Wildman–Crippen MR) is 68.1 cm³/mol. The van der Waals surface area contributed by atoms with E-state index in [1.165, 1.54) is 25.0 Å². The molecule has 1 aliphatic carbocycles. The zero-order chi connectivity index (χ0) is 11.5. The first kappa shape index (κ1) is 12.8. The third-order valence-electron chi connectivity index (χ3n) is 3.17. The lowest BCUT2D eigenvalue weighted by Crippen LogP contribution is -2.19. The molecule has 0 N–H and O–H groups in total. The van der Waals surface area contributed by atoms with E-state index in [4.69, 9.17) is 4.43 Å². The van der Waals surface area contributed by atoms with Crippen LogP contribution in [0.4, 0.5) is 0 Å². The largest absolute Gasteiger partial charge is 0.546 e. The number of rotatable bonds is 2. The Morgan fingerprint density at radius 3 is 2.53 bits per heavy atom. The molecule has 0 fully saturated rings. The highest BCUT2D eigenvalue weighted by molar-refractivity contribution is 6.48. The van der Waals surface area contributed by atoms with Crippen LogP contribution in [-0.4, -0.2) is 9.04 Å². The van der Waals surface area contributed by atoms with Crippen molar-refractivity contribution >= 4 is 9.04 Å². The van der Waals surface area contributed by atoms with Gasteiger partial charge in [-0.05, 0) is 49.8 Å². The number of hydrogen-bond donors (Lipinski definition) is 0. The summed E-state index contributed by atoms with van der Waals surface area (Å²) in [6.45, 7) is 11.5. The molecular weight excluding hydrogens is 200 g/mol. The molecule has 1 nitrogen and oxygen atoms in total. The predicted octanol–water partition coefficient (Wildman–Crippen LogP) is 4.37. The molecule has 1 rings (SSSR count). The van der Waals surface area contributed by atoms with Gasteiger partial charge in [0.25, 0.3) is 9.04 Å². The van der Waals surface area contributed by atoms with Gasteiger partial charge in [-0.1, -0.05) is 20.8 Å². The van der Waals surface area contributed by atoms with Crippen molar-refractivity contribution in [3.63, 3.8) is 0 Å². The Bertz CT molecular complexity index is 225. The van der Waals surface area contributed by atoms with Crippen LogP contribution in [0.2, 0.25) is 13.1 Å². The molecule has 0 aromatic heterocycles. The van der Waals surface area contributed by atoms with Crippen LogP contribution in [0.1, 0.15) is 46.5 Å². The third-order valence-corrected chi connectivity index (χ3v) is 3.84. The maximum atomic E-state index is 5.90. The van der Waals surface area contributed by atoms with Crippen LogP contribution in [-0.2, 0) is 4.43 Å². The number of hydrogen-bond acceptors (Lipinski definition) is 1. The second-order valence-electron chi connectivity index (χ2n) is 5.87. The summed E-state index contributed by atoms with van der Waals surface area (Å²) in [5.74, 6) is 2.09. The van der Waals surface area contributed by atoms with Crippen LogP contribution in [0.3, 0.4) is 0 Å². The van der Waals surface area contributed by atoms with Crippen molar-refractivity contribution < 1.29 is 4.43 Å². The molecular formula is C13H25OSi. The van der Waals surface area contributed by atoms with Gasteiger partial charge in [-0.3, -0.25) is 0 Å². The Morgan fingerprint density at radius 2 is 2.00 bits per heavy atom. The van der Waals surface area contributed by atoms with E-state index < -0.39 is 9.04 Å². The van der Waals surface area contributed by atoms with Gasteiger partial charge in [-0.15, -0.1) is 0 Å². The minimum atomic E-state index is -0.570. The molecule has 0 spiro atoms. The zero-order valence-corrected chi connectivity index (χ0v) is 11.9. The molecule has 1 atom stereocenters. The highest BCUT2D eigenvalue weighted by atomic mass is 28.3. The molecule has 1 unspecified atom stereocenters. The highest BCUT2D eigenvalue weighted by Gasteiger charge is 2.25. The van der Waals surface area contributed by atoms with Crippen LogP contribution >= 0.6 is 0 Å². The van der Waals surface area contributed by atoms with Crippen LogP contribution in [0.25, 0.3) is 0 Å². The first-order valence-corrected chi connectivity index (χ1v) is 8.47. The van der Waals surface area contributed by atoms with Gasteiger partial charge in [0.2, 0.25) is 0 Å². The van der Waals surface area contributed by atoms with E-state index in [1.54, 1.807) is 0 Å². The fourth-order valence-electron chi connectivity index (χ4n) is 2.16. The van der Waals surface area contributed by atoms with Gasteiger partial charge in [0, 0.05) is 6.42 Å². The van der Waals surface area contributed by atoms with Gasteiger partial charge in [0.1, 0.15) is 0 Å². The average molecular weight is 225 g/mol. The topological polar surface area (TPSA) is 9.23 Å². The van der Waals surface area contributed by atoms with Crippen molar-refractivity contribution in [1.82, 2.24) is 0 Å².